The smallest absolute Gasteiger partial charge is 0.326 e. The van der Waals surface area contributed by atoms with Crippen molar-refractivity contribution in [2.45, 2.75) is 51.6 Å². The summed E-state index contributed by atoms with van der Waals surface area (Å²) in [6, 6.07) is 12.0. The third kappa shape index (κ3) is 3.70. The Morgan fingerprint density at radius 3 is 2.50 bits per heavy atom. The minimum atomic E-state index is -0.923. The summed E-state index contributed by atoms with van der Waals surface area (Å²) in [6.45, 7) is 3.27. The lowest BCUT2D eigenvalue weighted by Gasteiger charge is -2.28. The topological polar surface area (TPSA) is 71.3 Å². The molecule has 2 unspecified atom stereocenters. The van der Waals surface area contributed by atoms with E-state index in [1.165, 1.54) is 30.2 Å². The van der Waals surface area contributed by atoms with E-state index in [2.05, 4.69) is 29.6 Å². The maximum Gasteiger partial charge on any atom is 0.326 e. The van der Waals surface area contributed by atoms with Crippen molar-refractivity contribution in [2.75, 3.05) is 0 Å². The van der Waals surface area contributed by atoms with E-state index in [-0.39, 0.29) is 17.8 Å². The summed E-state index contributed by atoms with van der Waals surface area (Å²) < 4.78 is 15.6. The van der Waals surface area contributed by atoms with Crippen LogP contribution in [-0.4, -0.2) is 21.6 Å². The van der Waals surface area contributed by atoms with Crippen LogP contribution in [0.5, 0.6) is 0 Å². The van der Waals surface area contributed by atoms with Gasteiger partial charge in [0.05, 0.1) is 6.04 Å². The van der Waals surface area contributed by atoms with Crippen molar-refractivity contribution in [1.82, 2.24) is 9.88 Å². The van der Waals surface area contributed by atoms with Crippen molar-refractivity contribution in [1.29, 1.82) is 0 Å². The molecule has 3 aliphatic carbocycles. The molecule has 5 nitrogen and oxygen atoms in total. The van der Waals surface area contributed by atoms with Gasteiger partial charge in [0, 0.05) is 23.5 Å². The quantitative estimate of drug-likeness (QED) is 0.499. The fourth-order valence-corrected chi connectivity index (χ4v) is 4.50. The van der Waals surface area contributed by atoms with Crippen molar-refractivity contribution >= 4 is 22.8 Å². The molecule has 0 saturated carbocycles. The molecule has 2 atom stereocenters. The molecule has 3 aliphatic rings. The molecule has 1 aromatic heterocycles. The number of aryl methyl sites for hydroxylation is 1. The van der Waals surface area contributed by atoms with Gasteiger partial charge in [0.2, 0.25) is 5.91 Å². The Kier molecular flexibility index (Phi) is 5.33. The van der Waals surface area contributed by atoms with Gasteiger partial charge in [-0.25, -0.2) is 9.18 Å². The number of rotatable bonds is 4. The number of carboxylic acids is 1. The number of benzene rings is 2. The van der Waals surface area contributed by atoms with E-state index in [1.807, 2.05) is 6.92 Å². The zero-order chi connectivity index (χ0) is 21.4. The van der Waals surface area contributed by atoms with E-state index in [0.29, 0.717) is 11.9 Å². The van der Waals surface area contributed by atoms with E-state index < -0.39 is 12.0 Å². The zero-order valence-electron chi connectivity index (χ0n) is 17.1. The predicted octanol–water partition coefficient (Wildman–Crippen LogP) is 5.00. The van der Waals surface area contributed by atoms with Gasteiger partial charge in [-0.15, -0.1) is 0 Å². The Morgan fingerprint density at radius 2 is 1.97 bits per heavy atom. The first-order valence-corrected chi connectivity index (χ1v) is 10.3. The number of hydrogen-bond donors (Lipinski definition) is 2. The minimum Gasteiger partial charge on any atom is -0.480 e. The normalized spacial score (nSPS) is 16.8. The molecule has 0 fully saturated rings. The molecular weight excluding hydrogens is 383 g/mol. The molecular formula is C24H25FN2O3. The van der Waals surface area contributed by atoms with Gasteiger partial charge in [-0.05, 0) is 66.6 Å². The second-order valence-corrected chi connectivity index (χ2v) is 7.88. The van der Waals surface area contributed by atoms with Crippen molar-refractivity contribution in [3.8, 4) is 11.1 Å². The molecule has 156 valence electrons. The molecule has 1 heterocycles. The summed E-state index contributed by atoms with van der Waals surface area (Å²) in [5, 5.41) is 13.3. The number of aromatic nitrogens is 1. The van der Waals surface area contributed by atoms with E-state index >= 15 is 0 Å². The summed E-state index contributed by atoms with van der Waals surface area (Å²) in [7, 11) is 0. The number of halogens is 1. The van der Waals surface area contributed by atoms with Crippen molar-refractivity contribution in [3.63, 3.8) is 0 Å². The lowest BCUT2D eigenvalue weighted by atomic mass is 9.91. The molecule has 0 radical (unpaired) electrons. The molecule has 0 saturated heterocycles. The molecule has 0 bridgehead atoms. The van der Waals surface area contributed by atoms with Crippen LogP contribution in [0.4, 0.5) is 4.39 Å². The average molecular weight is 408 g/mol. The Bertz CT molecular complexity index is 1120. The van der Waals surface area contributed by atoms with Gasteiger partial charge < -0.3 is 15.0 Å². The molecule has 0 aliphatic heterocycles. The van der Waals surface area contributed by atoms with E-state index in [1.54, 1.807) is 10.6 Å². The lowest BCUT2D eigenvalue weighted by Crippen LogP contribution is -2.32. The number of fused-ring (bicyclic) bond motifs is 4. The third-order valence-electron chi connectivity index (χ3n) is 5.84. The van der Waals surface area contributed by atoms with Crippen LogP contribution in [0.25, 0.3) is 22.0 Å². The number of amides is 1. The summed E-state index contributed by atoms with van der Waals surface area (Å²) >= 11 is 0. The van der Waals surface area contributed by atoms with E-state index in [4.69, 9.17) is 0 Å². The molecule has 1 aromatic carbocycles. The number of nitrogens with zero attached hydrogens (tertiary/aromatic N) is 1. The highest BCUT2D eigenvalue weighted by Crippen LogP contribution is 2.40. The highest BCUT2D eigenvalue weighted by Gasteiger charge is 2.32. The number of carboxylic acid groups (broad SMARTS) is 1. The SMILES string of the molecule is CCC(C(=O)O)n1c2c(c3cc(F)ccc31)CCCC2NC(C)=O.c1cc2cc-2c1. The van der Waals surface area contributed by atoms with E-state index in [9.17, 15) is 19.1 Å². The first-order chi connectivity index (χ1) is 14.4. The Hall–Kier alpha value is -3.15. The molecule has 30 heavy (non-hydrogen) atoms. The van der Waals surface area contributed by atoms with Crippen LogP contribution in [0.3, 0.4) is 0 Å². The highest BCUT2D eigenvalue weighted by molar-refractivity contribution is 5.89. The predicted molar refractivity (Wildman–Crippen MR) is 114 cm³/mol. The van der Waals surface area contributed by atoms with Crippen LogP contribution >= 0.6 is 0 Å². The van der Waals surface area contributed by atoms with Gasteiger partial charge in [0.25, 0.3) is 0 Å². The lowest BCUT2D eigenvalue weighted by molar-refractivity contribution is -0.140. The van der Waals surface area contributed by atoms with Crippen LogP contribution < -0.4 is 5.32 Å². The molecule has 1 amide bonds. The number of carbonyl (C=O) groups excluding carboxylic acids is 1. The average Bonchev–Trinajstić information content (AvgIpc) is 3.16. The summed E-state index contributed by atoms with van der Waals surface area (Å²) in [5.74, 6) is -1.42. The first kappa shape index (κ1) is 20.1. The van der Waals surface area contributed by atoms with E-state index in [0.717, 1.165) is 35.9 Å². The summed E-state index contributed by atoms with van der Waals surface area (Å²) in [5.41, 5.74) is 5.33. The van der Waals surface area contributed by atoms with Crippen molar-refractivity contribution < 1.29 is 19.1 Å². The Balaban J connectivity index is 0.000000305. The van der Waals surface area contributed by atoms with Crippen molar-refractivity contribution in [3.05, 3.63) is 59.5 Å². The number of nitrogens with one attached hydrogen (secondary N) is 1. The van der Waals surface area contributed by atoms with Gasteiger partial charge in [-0.3, -0.25) is 4.79 Å². The number of hydrogen-bond acceptors (Lipinski definition) is 2. The number of carbonyl (C=O) groups is 2. The van der Waals surface area contributed by atoms with Gasteiger partial charge in [-0.2, -0.15) is 0 Å². The summed E-state index contributed by atoms with van der Waals surface area (Å²) in [6.07, 6.45) is 2.79. The zero-order valence-corrected chi connectivity index (χ0v) is 17.1. The van der Waals surface area contributed by atoms with Crippen LogP contribution in [0.1, 0.15) is 56.5 Å². The van der Waals surface area contributed by atoms with Gasteiger partial charge in [0.1, 0.15) is 11.9 Å². The summed E-state index contributed by atoms with van der Waals surface area (Å²) in [4.78, 5) is 23.4. The van der Waals surface area contributed by atoms with Crippen molar-refractivity contribution in [2.24, 2.45) is 0 Å². The fourth-order valence-electron chi connectivity index (χ4n) is 4.50. The van der Waals surface area contributed by atoms with Gasteiger partial charge in [0.15, 0.2) is 0 Å². The first-order valence-electron chi connectivity index (χ1n) is 10.3. The van der Waals surface area contributed by atoms with Crippen LogP contribution in [0.2, 0.25) is 0 Å². The second-order valence-electron chi connectivity index (χ2n) is 7.88. The highest BCUT2D eigenvalue weighted by atomic mass is 19.1. The Labute approximate surface area is 174 Å². The monoisotopic (exact) mass is 408 g/mol. The standard InChI is InChI=1S/C18H21FN2O3.C6H4/c1-3-15(18(23)24)21-16-8-7-11(19)9-13(16)12-5-4-6-14(17(12)21)20-10(2)22;1-2-5-4-6(5)3-1/h7-9,14-15H,3-6H2,1-2H3,(H,20,22)(H,23,24);1-4H. The second kappa shape index (κ2) is 7.94. The van der Waals surface area contributed by atoms with Gasteiger partial charge in [-0.1, -0.05) is 25.1 Å². The largest absolute Gasteiger partial charge is 0.480 e. The molecule has 2 N–H and O–H groups in total. The number of aliphatic carboxylic acids is 1. The molecule has 2 aromatic rings. The Morgan fingerprint density at radius 1 is 1.23 bits per heavy atom. The maximum atomic E-state index is 13.8. The fraction of sp³-hybridized carbons (Fsp3) is 0.333. The van der Waals surface area contributed by atoms with Gasteiger partial charge >= 0.3 is 5.97 Å². The molecule has 6 heteroatoms. The van der Waals surface area contributed by atoms with Crippen LogP contribution in [0.15, 0.2) is 42.5 Å². The molecule has 5 rings (SSSR count). The minimum absolute atomic E-state index is 0.154. The van der Waals surface area contributed by atoms with Crippen LogP contribution in [0, 0.1) is 5.82 Å². The maximum absolute atomic E-state index is 13.8. The third-order valence-corrected chi connectivity index (χ3v) is 5.84. The van der Waals surface area contributed by atoms with Crippen LogP contribution in [-0.2, 0) is 16.0 Å². The molecule has 0 spiro atoms.